The van der Waals surface area contributed by atoms with E-state index in [1.54, 1.807) is 48.5 Å². The number of carbonyl (C=O) groups excluding carboxylic acids is 2. The van der Waals surface area contributed by atoms with E-state index in [0.29, 0.717) is 12.8 Å². The quantitative estimate of drug-likeness (QED) is 0.143. The van der Waals surface area contributed by atoms with Gasteiger partial charge in [-0.1, -0.05) is 50.2 Å². The first-order valence-corrected chi connectivity index (χ1v) is 18.7. The molecule has 51 heavy (non-hydrogen) atoms. The third-order valence-corrected chi connectivity index (χ3v) is 12.1. The maximum absolute atomic E-state index is 13.4. The molecule has 3 aromatic carbocycles. The molecule has 0 saturated heterocycles. The van der Waals surface area contributed by atoms with Crippen LogP contribution >= 0.6 is 0 Å². The summed E-state index contributed by atoms with van der Waals surface area (Å²) in [5.41, 5.74) is 19.9. The van der Waals surface area contributed by atoms with Crippen LogP contribution in [0.1, 0.15) is 60.2 Å². The highest BCUT2D eigenvalue weighted by Crippen LogP contribution is 2.41. The zero-order valence-corrected chi connectivity index (χ0v) is 29.0. The normalized spacial score (nSPS) is 17.1. The Hall–Kier alpha value is -5.78. The number of ketones is 2. The molecule has 0 saturated carbocycles. The zero-order valence-electron chi connectivity index (χ0n) is 27.4. The summed E-state index contributed by atoms with van der Waals surface area (Å²) in [5, 5.41) is 0. The Morgan fingerprint density at radius 2 is 1.33 bits per heavy atom. The fourth-order valence-electron chi connectivity index (χ4n) is 6.69. The topological polar surface area (TPSA) is 194 Å². The number of Topliss-reactive ketones (excluding diaryl/α,β-unsaturated/α-hetero) is 1. The molecule has 0 fully saturated rings. The summed E-state index contributed by atoms with van der Waals surface area (Å²) >= 11 is 0. The smallest absolute Gasteiger partial charge is 0.362 e. The van der Waals surface area contributed by atoms with Crippen molar-refractivity contribution in [2.24, 2.45) is 5.92 Å². The lowest BCUT2D eigenvalue weighted by Gasteiger charge is -2.33. The highest BCUT2D eigenvalue weighted by molar-refractivity contribution is 7.91. The third-order valence-electron chi connectivity index (χ3n) is 9.43. The van der Waals surface area contributed by atoms with Crippen molar-refractivity contribution in [3.63, 3.8) is 0 Å². The van der Waals surface area contributed by atoms with Crippen LogP contribution in [0.4, 0.5) is 0 Å². The molecule has 0 aromatic heterocycles. The van der Waals surface area contributed by atoms with Crippen molar-refractivity contribution in [1.82, 2.24) is 0 Å². The molecule has 258 valence electrons. The molecular weight excluding hydrogens is 693 g/mol. The van der Waals surface area contributed by atoms with E-state index < -0.39 is 37.4 Å². The highest BCUT2D eigenvalue weighted by Gasteiger charge is 2.37. The summed E-state index contributed by atoms with van der Waals surface area (Å²) in [6.07, 6.45) is 9.29. The van der Waals surface area contributed by atoms with Crippen LogP contribution in [0, 0.1) is 5.92 Å². The maximum Gasteiger partial charge on any atom is 0.362 e. The van der Waals surface area contributed by atoms with E-state index in [-0.39, 0.29) is 61.6 Å². The Labute approximate surface area is 294 Å². The minimum Gasteiger partial charge on any atom is -0.379 e. The minimum absolute atomic E-state index is 0.0545. The number of carbonyl (C=O) groups is 2. The predicted octanol–water partition coefficient (Wildman–Crippen LogP) is 5.79. The predicted molar refractivity (Wildman–Crippen MR) is 187 cm³/mol. The monoisotopic (exact) mass is 722 g/mol. The van der Waals surface area contributed by atoms with Crippen LogP contribution in [0.3, 0.4) is 0 Å². The number of benzene rings is 3. The van der Waals surface area contributed by atoms with Gasteiger partial charge in [0.2, 0.25) is 0 Å². The molecule has 0 heterocycles. The van der Waals surface area contributed by atoms with Crippen molar-refractivity contribution in [2.75, 3.05) is 0 Å². The molecule has 3 aliphatic carbocycles. The number of hydrogen-bond donors (Lipinski definition) is 0. The second kappa shape index (κ2) is 13.5. The van der Waals surface area contributed by atoms with Crippen LogP contribution in [0.2, 0.25) is 0 Å². The minimum atomic E-state index is -4.37. The summed E-state index contributed by atoms with van der Waals surface area (Å²) in [4.78, 5) is 30.8. The number of rotatable bonds is 10. The van der Waals surface area contributed by atoms with Crippen LogP contribution in [0.5, 0.6) is 11.5 Å². The van der Waals surface area contributed by atoms with Gasteiger partial charge in [0.25, 0.3) is 11.5 Å². The van der Waals surface area contributed by atoms with E-state index in [0.717, 1.165) is 11.1 Å². The van der Waals surface area contributed by atoms with Crippen LogP contribution in [0.15, 0.2) is 112 Å². The van der Waals surface area contributed by atoms with Gasteiger partial charge >= 0.3 is 25.9 Å². The van der Waals surface area contributed by atoms with Crippen molar-refractivity contribution in [1.29, 1.82) is 0 Å². The van der Waals surface area contributed by atoms with Crippen LogP contribution in [-0.4, -0.2) is 49.4 Å². The van der Waals surface area contributed by atoms with E-state index >= 15 is 0 Å². The van der Waals surface area contributed by atoms with E-state index in [4.69, 9.17) is 19.4 Å². The molecule has 0 amide bonds. The Bertz CT molecular complexity index is 2430. The van der Waals surface area contributed by atoms with Gasteiger partial charge < -0.3 is 19.4 Å². The van der Waals surface area contributed by atoms with Gasteiger partial charge in [-0.3, -0.25) is 9.59 Å². The first kappa shape index (κ1) is 35.1. The SMILES string of the molecule is CCC(CC)(c1ccc(OS(=O)(=O)C2=C3C=CC(=[N+]=[N-])CC3C(=O)C=C2)cc1)c1ccc(OS(=O)(=O)c2cccc3c2C=CC(=[N+]=[N-])C3=O)cc1. The molecule has 3 aromatic rings. The van der Waals surface area contributed by atoms with Gasteiger partial charge in [-0.25, -0.2) is 0 Å². The molecule has 14 heteroatoms. The molecule has 1 unspecified atom stereocenters. The third kappa shape index (κ3) is 6.37. The highest BCUT2D eigenvalue weighted by atomic mass is 32.2. The van der Waals surface area contributed by atoms with Gasteiger partial charge in [0, 0.05) is 28.7 Å². The van der Waals surface area contributed by atoms with E-state index in [1.807, 2.05) is 13.8 Å². The molecule has 0 spiro atoms. The van der Waals surface area contributed by atoms with Gasteiger partial charge in [0.15, 0.2) is 5.78 Å². The summed E-state index contributed by atoms with van der Waals surface area (Å²) in [7, 11) is -8.70. The lowest BCUT2D eigenvalue weighted by molar-refractivity contribution is -0.117. The molecular formula is C37H30N4O8S2. The maximum atomic E-state index is 13.4. The fourth-order valence-corrected chi connectivity index (χ4v) is 9.03. The van der Waals surface area contributed by atoms with E-state index in [1.165, 1.54) is 54.7 Å². The van der Waals surface area contributed by atoms with Crippen molar-refractivity contribution >= 4 is 49.3 Å². The number of allylic oxidation sites excluding steroid dienone is 6. The summed E-state index contributed by atoms with van der Waals surface area (Å²) < 4.78 is 64.4. The van der Waals surface area contributed by atoms with Gasteiger partial charge in [-0.2, -0.15) is 26.4 Å². The second-order valence-electron chi connectivity index (χ2n) is 12.0. The van der Waals surface area contributed by atoms with Crippen molar-refractivity contribution in [2.45, 2.75) is 43.4 Å². The van der Waals surface area contributed by atoms with Crippen molar-refractivity contribution < 1.29 is 44.4 Å². The van der Waals surface area contributed by atoms with Gasteiger partial charge in [-0.05, 0) is 84.2 Å². The standard InChI is InChI=1S/C37H30N4O8S2/c1-3-37(4-2,23-8-13-26(14-9-23)48-50(44,45)34-7-5-6-30-28(34)18-19-32(41-39)36(30)43)24-10-15-27(16-11-24)49-51(46,47)35-21-20-33(42)31-22-25(40-38)12-17-29(31)35/h5-21,31H,3-4,22H2,1-2H3. The molecule has 1 atom stereocenters. The van der Waals surface area contributed by atoms with Crippen LogP contribution in [-0.2, 0) is 30.4 Å². The molecule has 0 bridgehead atoms. The molecule has 0 aliphatic heterocycles. The first-order chi connectivity index (χ1) is 24.4. The van der Waals surface area contributed by atoms with Gasteiger partial charge in [0.1, 0.15) is 21.3 Å². The average Bonchev–Trinajstić information content (AvgIpc) is 3.13. The van der Waals surface area contributed by atoms with Crippen LogP contribution < -0.4 is 8.37 Å². The lowest BCUT2D eigenvalue weighted by Crippen LogP contribution is -2.27. The second-order valence-corrected chi connectivity index (χ2v) is 15.0. The fraction of sp³-hybridized carbons (Fsp3) is 0.189. The first-order valence-electron chi connectivity index (χ1n) is 15.9. The van der Waals surface area contributed by atoms with Crippen molar-refractivity contribution in [3.8, 4) is 11.5 Å². The molecule has 0 N–H and O–H groups in total. The summed E-state index contributed by atoms with van der Waals surface area (Å²) in [6, 6.07) is 17.5. The summed E-state index contributed by atoms with van der Waals surface area (Å²) in [5.74, 6) is -1.58. The van der Waals surface area contributed by atoms with Gasteiger partial charge in [0.05, 0.1) is 12.3 Å². The Kier molecular flexibility index (Phi) is 9.28. The largest absolute Gasteiger partial charge is 0.379 e. The molecule has 0 radical (unpaired) electrons. The van der Waals surface area contributed by atoms with Gasteiger partial charge in [-0.15, -0.1) is 0 Å². The number of hydrogen-bond acceptors (Lipinski definition) is 8. The molecule has 12 nitrogen and oxygen atoms in total. The van der Waals surface area contributed by atoms with E-state index in [2.05, 4.69) is 9.58 Å². The zero-order chi connectivity index (χ0) is 36.6. The molecule has 3 aliphatic rings. The Morgan fingerprint density at radius 1 is 0.725 bits per heavy atom. The number of fused-ring (bicyclic) bond motifs is 2. The van der Waals surface area contributed by atoms with Crippen molar-refractivity contribution in [3.05, 3.63) is 141 Å². The van der Waals surface area contributed by atoms with E-state index in [9.17, 15) is 26.4 Å². The average molecular weight is 723 g/mol. The lowest BCUT2D eigenvalue weighted by atomic mass is 9.70. The Morgan fingerprint density at radius 3 is 1.90 bits per heavy atom. The Balaban J connectivity index is 1.23. The summed E-state index contributed by atoms with van der Waals surface area (Å²) in [6.45, 7) is 4.03. The van der Waals surface area contributed by atoms with Crippen LogP contribution in [0.25, 0.3) is 17.1 Å². The number of nitrogens with zero attached hydrogens (tertiary/aromatic N) is 4. The molecule has 6 rings (SSSR count).